The predicted molar refractivity (Wildman–Crippen MR) is 71.4 cm³/mol. The van der Waals surface area contributed by atoms with E-state index < -0.39 is 0 Å². The van der Waals surface area contributed by atoms with Crippen molar-refractivity contribution >= 4 is 5.69 Å². The van der Waals surface area contributed by atoms with Crippen LogP contribution in [0.1, 0.15) is 5.69 Å². The zero-order valence-electron chi connectivity index (χ0n) is 10.2. The average molecular weight is 244 g/mol. The van der Waals surface area contributed by atoms with Gasteiger partial charge in [0.15, 0.2) is 5.82 Å². The first-order valence-corrected chi connectivity index (χ1v) is 5.78. The molecule has 1 aromatic carbocycles. The van der Waals surface area contributed by atoms with Crippen LogP contribution in [0.5, 0.6) is 5.75 Å². The van der Waals surface area contributed by atoms with Gasteiger partial charge in [0.1, 0.15) is 5.75 Å². The van der Waals surface area contributed by atoms with Crippen molar-refractivity contribution in [3.8, 4) is 17.1 Å². The number of phenolic OH excluding ortho intramolecular Hbond substituents is 1. The number of aromatic hydroxyl groups is 1. The first-order chi connectivity index (χ1) is 8.72. The summed E-state index contributed by atoms with van der Waals surface area (Å²) in [7, 11) is 0. The topological polar surface area (TPSA) is 84.1 Å². The van der Waals surface area contributed by atoms with Gasteiger partial charge in [-0.25, -0.2) is 9.97 Å². The Kier molecular flexibility index (Phi) is 3.74. The summed E-state index contributed by atoms with van der Waals surface area (Å²) in [6.45, 7) is 3.13. The van der Waals surface area contributed by atoms with Crippen LogP contribution in [0.2, 0.25) is 0 Å². The monoisotopic (exact) mass is 244 g/mol. The molecule has 0 atom stereocenters. The molecule has 0 unspecified atom stereocenters. The molecule has 18 heavy (non-hydrogen) atoms. The van der Waals surface area contributed by atoms with Crippen molar-refractivity contribution in [3.05, 3.63) is 36.2 Å². The number of hydrogen-bond acceptors (Lipinski definition) is 5. The lowest BCUT2D eigenvalue weighted by atomic mass is 10.2. The fourth-order valence-electron chi connectivity index (χ4n) is 1.64. The second kappa shape index (κ2) is 5.46. The molecule has 4 N–H and O–H groups in total. The number of aryl methyl sites for hydroxylation is 1. The number of nitrogens with one attached hydrogen (secondary N) is 1. The molecule has 5 heteroatoms. The number of para-hydroxylation sites is 1. The molecule has 0 saturated carbocycles. The molecule has 0 aliphatic carbocycles. The maximum absolute atomic E-state index is 9.75. The van der Waals surface area contributed by atoms with E-state index in [9.17, 15) is 5.11 Å². The van der Waals surface area contributed by atoms with E-state index in [0.717, 1.165) is 11.4 Å². The van der Waals surface area contributed by atoms with Gasteiger partial charge in [0, 0.05) is 13.1 Å². The van der Waals surface area contributed by atoms with Crippen LogP contribution in [0, 0.1) is 6.92 Å². The van der Waals surface area contributed by atoms with Gasteiger partial charge in [-0.1, -0.05) is 12.1 Å². The summed E-state index contributed by atoms with van der Waals surface area (Å²) in [5.74, 6) is 0.698. The normalized spacial score (nSPS) is 10.3. The Morgan fingerprint density at radius 1 is 1.33 bits per heavy atom. The second-order valence-corrected chi connectivity index (χ2v) is 3.93. The number of aromatic nitrogens is 2. The van der Waals surface area contributed by atoms with Crippen LogP contribution in [0.4, 0.5) is 5.69 Å². The zero-order valence-corrected chi connectivity index (χ0v) is 10.2. The van der Waals surface area contributed by atoms with Crippen molar-refractivity contribution < 1.29 is 5.11 Å². The summed E-state index contributed by atoms with van der Waals surface area (Å²) < 4.78 is 0. The van der Waals surface area contributed by atoms with E-state index in [-0.39, 0.29) is 5.75 Å². The van der Waals surface area contributed by atoms with Crippen LogP contribution in [-0.2, 0) is 0 Å². The standard InChI is InChI=1S/C13H16N4O/c1-9-11(15-7-6-14)8-16-13(17-9)10-4-2-3-5-12(10)18/h2-5,8,15,18H,6-7,14H2,1H3. The maximum atomic E-state index is 9.75. The lowest BCUT2D eigenvalue weighted by Gasteiger charge is -2.09. The molecule has 2 rings (SSSR count). The van der Waals surface area contributed by atoms with Crippen molar-refractivity contribution in [2.45, 2.75) is 6.92 Å². The summed E-state index contributed by atoms with van der Waals surface area (Å²) in [4.78, 5) is 8.63. The van der Waals surface area contributed by atoms with E-state index in [0.29, 0.717) is 24.5 Å². The lowest BCUT2D eigenvalue weighted by Crippen LogP contribution is -2.14. The van der Waals surface area contributed by atoms with Gasteiger partial charge >= 0.3 is 0 Å². The number of hydrogen-bond donors (Lipinski definition) is 3. The van der Waals surface area contributed by atoms with Crippen LogP contribution < -0.4 is 11.1 Å². The minimum atomic E-state index is 0.180. The molecule has 94 valence electrons. The highest BCUT2D eigenvalue weighted by atomic mass is 16.3. The molecule has 0 aliphatic rings. The Morgan fingerprint density at radius 2 is 2.11 bits per heavy atom. The fourth-order valence-corrected chi connectivity index (χ4v) is 1.64. The first kappa shape index (κ1) is 12.3. The maximum Gasteiger partial charge on any atom is 0.163 e. The van der Waals surface area contributed by atoms with Gasteiger partial charge < -0.3 is 16.2 Å². The predicted octanol–water partition coefficient (Wildman–Crippen LogP) is 1.53. The summed E-state index contributed by atoms with van der Waals surface area (Å²) in [5, 5.41) is 12.9. The summed E-state index contributed by atoms with van der Waals surface area (Å²) in [6, 6.07) is 7.02. The third-order valence-corrected chi connectivity index (χ3v) is 2.58. The van der Waals surface area contributed by atoms with E-state index >= 15 is 0 Å². The summed E-state index contributed by atoms with van der Waals surface area (Å²) >= 11 is 0. The fraction of sp³-hybridized carbons (Fsp3) is 0.231. The Balaban J connectivity index is 2.32. The molecule has 0 bridgehead atoms. The van der Waals surface area contributed by atoms with Gasteiger partial charge in [0.2, 0.25) is 0 Å². The molecular formula is C13H16N4O. The molecule has 2 aromatic rings. The largest absolute Gasteiger partial charge is 0.507 e. The number of anilines is 1. The Morgan fingerprint density at radius 3 is 2.78 bits per heavy atom. The van der Waals surface area contributed by atoms with Crippen LogP contribution in [0.25, 0.3) is 11.4 Å². The summed E-state index contributed by atoms with van der Waals surface area (Å²) in [5.41, 5.74) is 7.75. The third-order valence-electron chi connectivity index (χ3n) is 2.58. The molecule has 0 aliphatic heterocycles. The van der Waals surface area contributed by atoms with E-state index in [1.165, 1.54) is 0 Å². The van der Waals surface area contributed by atoms with Gasteiger partial charge in [0.05, 0.1) is 23.1 Å². The SMILES string of the molecule is Cc1nc(-c2ccccc2O)ncc1NCCN. The third kappa shape index (κ3) is 2.57. The zero-order chi connectivity index (χ0) is 13.0. The van der Waals surface area contributed by atoms with Gasteiger partial charge in [-0.15, -0.1) is 0 Å². The van der Waals surface area contributed by atoms with Crippen molar-refractivity contribution in [1.82, 2.24) is 9.97 Å². The molecule has 0 spiro atoms. The number of phenols is 1. The molecule has 5 nitrogen and oxygen atoms in total. The van der Waals surface area contributed by atoms with Gasteiger partial charge in [0.25, 0.3) is 0 Å². The van der Waals surface area contributed by atoms with Crippen molar-refractivity contribution in [2.24, 2.45) is 5.73 Å². The van der Waals surface area contributed by atoms with Crippen LogP contribution in [0.15, 0.2) is 30.5 Å². The van der Waals surface area contributed by atoms with Crippen LogP contribution in [-0.4, -0.2) is 28.2 Å². The second-order valence-electron chi connectivity index (χ2n) is 3.93. The van der Waals surface area contributed by atoms with Gasteiger partial charge in [-0.2, -0.15) is 0 Å². The molecule has 0 saturated heterocycles. The minimum absolute atomic E-state index is 0.180. The number of nitrogens with zero attached hydrogens (tertiary/aromatic N) is 2. The molecule has 0 fully saturated rings. The van der Waals surface area contributed by atoms with Crippen LogP contribution >= 0.6 is 0 Å². The van der Waals surface area contributed by atoms with E-state index in [1.807, 2.05) is 13.0 Å². The number of nitrogens with two attached hydrogens (primary N) is 1. The number of benzene rings is 1. The first-order valence-electron chi connectivity index (χ1n) is 5.78. The molecule has 1 heterocycles. The van der Waals surface area contributed by atoms with E-state index in [1.54, 1.807) is 24.4 Å². The smallest absolute Gasteiger partial charge is 0.163 e. The van der Waals surface area contributed by atoms with Crippen molar-refractivity contribution in [2.75, 3.05) is 18.4 Å². The highest BCUT2D eigenvalue weighted by molar-refractivity contribution is 5.64. The van der Waals surface area contributed by atoms with Gasteiger partial charge in [-0.05, 0) is 19.1 Å². The molecule has 1 aromatic heterocycles. The van der Waals surface area contributed by atoms with Gasteiger partial charge in [-0.3, -0.25) is 0 Å². The van der Waals surface area contributed by atoms with E-state index in [2.05, 4.69) is 15.3 Å². The van der Waals surface area contributed by atoms with Crippen molar-refractivity contribution in [3.63, 3.8) is 0 Å². The highest BCUT2D eigenvalue weighted by Crippen LogP contribution is 2.26. The molecule has 0 radical (unpaired) electrons. The lowest BCUT2D eigenvalue weighted by molar-refractivity contribution is 0.477. The van der Waals surface area contributed by atoms with Crippen molar-refractivity contribution in [1.29, 1.82) is 0 Å². The Bertz CT molecular complexity index is 542. The Labute approximate surface area is 106 Å². The quantitative estimate of drug-likeness (QED) is 0.759. The number of rotatable bonds is 4. The molecule has 0 amide bonds. The summed E-state index contributed by atoms with van der Waals surface area (Å²) in [6.07, 6.45) is 1.71. The minimum Gasteiger partial charge on any atom is -0.507 e. The van der Waals surface area contributed by atoms with E-state index in [4.69, 9.17) is 5.73 Å². The van der Waals surface area contributed by atoms with Crippen LogP contribution in [0.3, 0.4) is 0 Å². The average Bonchev–Trinajstić information content (AvgIpc) is 2.38. The molecular weight excluding hydrogens is 228 g/mol. The Hall–Kier alpha value is -2.14. The highest BCUT2D eigenvalue weighted by Gasteiger charge is 2.08.